The van der Waals surface area contributed by atoms with Crippen LogP contribution in [0.25, 0.3) is 22.0 Å². The molecule has 0 fully saturated rings. The topological polar surface area (TPSA) is 64.5 Å². The van der Waals surface area contributed by atoms with E-state index in [9.17, 15) is 5.26 Å². The number of benzene rings is 2. The second-order valence-electron chi connectivity index (χ2n) is 5.61. The van der Waals surface area contributed by atoms with Gasteiger partial charge >= 0.3 is 0 Å². The third-order valence-corrected chi connectivity index (χ3v) is 4.74. The molecule has 2 heterocycles. The van der Waals surface area contributed by atoms with Crippen LogP contribution >= 0.6 is 15.9 Å². The van der Waals surface area contributed by atoms with Crippen molar-refractivity contribution in [3.63, 3.8) is 0 Å². The van der Waals surface area contributed by atoms with Crippen LogP contribution in [0.15, 0.2) is 71.6 Å². The van der Waals surface area contributed by atoms with E-state index in [1.165, 1.54) is 0 Å². The molecule has 0 saturated heterocycles. The third-order valence-electron chi connectivity index (χ3n) is 4.05. The number of pyridine rings is 1. The molecule has 0 spiro atoms. The van der Waals surface area contributed by atoms with Crippen LogP contribution in [0.3, 0.4) is 0 Å². The number of H-pyrrole nitrogens is 1. The fourth-order valence-corrected chi connectivity index (χ4v) is 3.34. The van der Waals surface area contributed by atoms with Crippen LogP contribution in [0.4, 0.5) is 11.4 Å². The van der Waals surface area contributed by atoms with E-state index in [0.717, 1.165) is 37.9 Å². The van der Waals surface area contributed by atoms with Crippen LogP contribution < -0.4 is 5.32 Å². The van der Waals surface area contributed by atoms with E-state index in [1.807, 2.05) is 48.7 Å². The van der Waals surface area contributed by atoms with Crippen LogP contribution in [0.5, 0.6) is 0 Å². The van der Waals surface area contributed by atoms with Gasteiger partial charge in [0.1, 0.15) is 6.07 Å². The Bertz CT molecular complexity index is 1110. The molecule has 4 rings (SSSR count). The Morgan fingerprint density at radius 3 is 2.76 bits per heavy atom. The Hall–Kier alpha value is -3.10. The van der Waals surface area contributed by atoms with Gasteiger partial charge in [-0.25, -0.2) is 0 Å². The number of nitriles is 1. The van der Waals surface area contributed by atoms with Gasteiger partial charge in [-0.3, -0.25) is 4.98 Å². The maximum absolute atomic E-state index is 9.53. The fraction of sp³-hybridized carbons (Fsp3) is 0. The van der Waals surface area contributed by atoms with Gasteiger partial charge in [0.05, 0.1) is 11.3 Å². The van der Waals surface area contributed by atoms with Gasteiger partial charge in [0.15, 0.2) is 0 Å². The summed E-state index contributed by atoms with van der Waals surface area (Å²) in [4.78, 5) is 7.41. The van der Waals surface area contributed by atoms with E-state index < -0.39 is 0 Å². The van der Waals surface area contributed by atoms with E-state index in [2.05, 4.69) is 43.4 Å². The zero-order chi connectivity index (χ0) is 17.2. The number of halogens is 1. The molecule has 4 aromatic rings. The summed E-state index contributed by atoms with van der Waals surface area (Å²) in [6, 6.07) is 18.2. The van der Waals surface area contributed by atoms with Gasteiger partial charge in [-0.05, 0) is 35.9 Å². The second kappa shape index (κ2) is 6.42. The Labute approximate surface area is 153 Å². The van der Waals surface area contributed by atoms with Gasteiger partial charge in [0.2, 0.25) is 0 Å². The summed E-state index contributed by atoms with van der Waals surface area (Å²) in [5, 5.41) is 14.0. The molecule has 25 heavy (non-hydrogen) atoms. The highest BCUT2D eigenvalue weighted by Crippen LogP contribution is 2.36. The minimum atomic E-state index is 0.502. The number of nitrogens with one attached hydrogen (secondary N) is 2. The minimum absolute atomic E-state index is 0.502. The predicted octanol–water partition coefficient (Wildman–Crippen LogP) is 5.61. The number of fused-ring (bicyclic) bond motifs is 1. The number of rotatable bonds is 3. The molecule has 120 valence electrons. The summed E-state index contributed by atoms with van der Waals surface area (Å²) < 4.78 is 0.955. The zero-order valence-corrected chi connectivity index (χ0v) is 14.7. The quantitative estimate of drug-likeness (QED) is 0.479. The van der Waals surface area contributed by atoms with E-state index in [-0.39, 0.29) is 0 Å². The lowest BCUT2D eigenvalue weighted by Gasteiger charge is -2.14. The number of hydrogen-bond donors (Lipinski definition) is 2. The normalized spacial score (nSPS) is 10.6. The highest BCUT2D eigenvalue weighted by atomic mass is 79.9. The van der Waals surface area contributed by atoms with Gasteiger partial charge in [0.25, 0.3) is 0 Å². The van der Waals surface area contributed by atoms with Crippen molar-refractivity contribution < 1.29 is 0 Å². The molecule has 0 bridgehead atoms. The monoisotopic (exact) mass is 388 g/mol. The Morgan fingerprint density at radius 1 is 1.04 bits per heavy atom. The highest BCUT2D eigenvalue weighted by Gasteiger charge is 2.13. The SMILES string of the molecule is N#Cc1cncc(-c2ccccc2Br)c1Nc1ccc2[nH]ccc2c1. The van der Waals surface area contributed by atoms with Crippen molar-refractivity contribution >= 4 is 38.2 Å². The average molecular weight is 389 g/mol. The molecule has 0 unspecified atom stereocenters. The molecule has 2 N–H and O–H groups in total. The molecule has 0 radical (unpaired) electrons. The van der Waals surface area contributed by atoms with Crippen LogP contribution in [-0.4, -0.2) is 9.97 Å². The second-order valence-corrected chi connectivity index (χ2v) is 6.46. The highest BCUT2D eigenvalue weighted by molar-refractivity contribution is 9.10. The third kappa shape index (κ3) is 2.88. The number of nitrogens with zero attached hydrogens (tertiary/aromatic N) is 2. The smallest absolute Gasteiger partial charge is 0.103 e. The van der Waals surface area contributed by atoms with Gasteiger partial charge < -0.3 is 10.3 Å². The zero-order valence-electron chi connectivity index (χ0n) is 13.1. The lowest BCUT2D eigenvalue weighted by Crippen LogP contribution is -1.98. The van der Waals surface area contributed by atoms with Crippen molar-refractivity contribution in [3.05, 3.63) is 77.2 Å². The van der Waals surface area contributed by atoms with Crippen molar-refractivity contribution in [1.29, 1.82) is 5.26 Å². The van der Waals surface area contributed by atoms with Crippen LogP contribution in [0.1, 0.15) is 5.56 Å². The molecule has 5 heteroatoms. The summed E-state index contributed by atoms with van der Waals surface area (Å²) in [5.74, 6) is 0. The lowest BCUT2D eigenvalue weighted by atomic mass is 10.0. The Morgan fingerprint density at radius 2 is 1.92 bits per heavy atom. The van der Waals surface area contributed by atoms with Crippen molar-refractivity contribution in [2.24, 2.45) is 0 Å². The summed E-state index contributed by atoms with van der Waals surface area (Å²) in [7, 11) is 0. The molecular weight excluding hydrogens is 376 g/mol. The standard InChI is InChI=1S/C20H13BrN4/c21-18-4-2-1-3-16(18)17-12-23-11-14(10-22)20(17)25-15-5-6-19-13(9-15)7-8-24-19/h1-9,11-12,24H,(H,23,25). The number of aromatic amines is 1. The molecule has 0 atom stereocenters. The summed E-state index contributed by atoms with van der Waals surface area (Å²) in [6.45, 7) is 0. The number of anilines is 2. The van der Waals surface area contributed by atoms with Gasteiger partial charge in [-0.1, -0.05) is 34.1 Å². The molecule has 0 aliphatic heterocycles. The van der Waals surface area contributed by atoms with E-state index in [4.69, 9.17) is 0 Å². The Balaban J connectivity index is 1.85. The summed E-state index contributed by atoms with van der Waals surface area (Å²) in [6.07, 6.45) is 5.27. The van der Waals surface area contributed by atoms with Crippen LogP contribution in [-0.2, 0) is 0 Å². The molecule has 0 aliphatic rings. The number of aromatic nitrogens is 2. The largest absolute Gasteiger partial charge is 0.361 e. The van der Waals surface area contributed by atoms with Gasteiger partial charge in [-0.15, -0.1) is 0 Å². The van der Waals surface area contributed by atoms with Crippen molar-refractivity contribution in [2.45, 2.75) is 0 Å². The summed E-state index contributed by atoms with van der Waals surface area (Å²) in [5.41, 5.74) is 5.11. The number of hydrogen-bond acceptors (Lipinski definition) is 3. The van der Waals surface area contributed by atoms with Gasteiger partial charge in [0, 0.05) is 45.2 Å². The van der Waals surface area contributed by atoms with E-state index in [1.54, 1.807) is 12.4 Å². The fourth-order valence-electron chi connectivity index (χ4n) is 2.84. The first-order valence-corrected chi connectivity index (χ1v) is 8.53. The predicted molar refractivity (Wildman–Crippen MR) is 104 cm³/mol. The lowest BCUT2D eigenvalue weighted by molar-refractivity contribution is 1.29. The molecule has 2 aromatic carbocycles. The van der Waals surface area contributed by atoms with Crippen molar-refractivity contribution in [2.75, 3.05) is 5.32 Å². The van der Waals surface area contributed by atoms with E-state index >= 15 is 0 Å². The molecule has 0 saturated carbocycles. The Kier molecular flexibility index (Phi) is 3.96. The van der Waals surface area contributed by atoms with Gasteiger partial charge in [-0.2, -0.15) is 5.26 Å². The summed E-state index contributed by atoms with van der Waals surface area (Å²) >= 11 is 3.58. The molecular formula is C20H13BrN4. The maximum Gasteiger partial charge on any atom is 0.103 e. The first kappa shape index (κ1) is 15.4. The van der Waals surface area contributed by atoms with Crippen LogP contribution in [0, 0.1) is 11.3 Å². The first-order chi connectivity index (χ1) is 12.3. The molecule has 0 amide bonds. The van der Waals surface area contributed by atoms with Crippen molar-refractivity contribution in [3.8, 4) is 17.2 Å². The maximum atomic E-state index is 9.53. The van der Waals surface area contributed by atoms with Crippen LogP contribution in [0.2, 0.25) is 0 Å². The average Bonchev–Trinajstić information content (AvgIpc) is 3.10. The first-order valence-electron chi connectivity index (χ1n) is 7.73. The minimum Gasteiger partial charge on any atom is -0.361 e. The molecule has 4 nitrogen and oxygen atoms in total. The van der Waals surface area contributed by atoms with E-state index in [0.29, 0.717) is 5.56 Å². The molecule has 2 aromatic heterocycles. The molecule has 0 aliphatic carbocycles. The van der Waals surface area contributed by atoms with Crippen molar-refractivity contribution in [1.82, 2.24) is 9.97 Å².